The third kappa shape index (κ3) is 4.53. The van der Waals surface area contributed by atoms with E-state index in [1.165, 1.54) is 12.7 Å². The summed E-state index contributed by atoms with van der Waals surface area (Å²) in [6.45, 7) is 2.07. The van der Waals surface area contributed by atoms with E-state index >= 15 is 0 Å². The number of benzene rings is 2. The van der Waals surface area contributed by atoms with Gasteiger partial charge in [-0.05, 0) is 48.7 Å². The number of amides is 2. The highest BCUT2D eigenvalue weighted by Crippen LogP contribution is 2.40. The lowest BCUT2D eigenvalue weighted by Gasteiger charge is -2.08. The lowest BCUT2D eigenvalue weighted by atomic mass is 10.1. The summed E-state index contributed by atoms with van der Waals surface area (Å²) >= 11 is 0. The van der Waals surface area contributed by atoms with Crippen LogP contribution in [0.25, 0.3) is 0 Å². The second-order valence-electron chi connectivity index (χ2n) is 6.55. The number of aryl methyl sites for hydroxylation is 1. The van der Waals surface area contributed by atoms with E-state index in [9.17, 15) is 14.4 Å². The molecule has 1 saturated carbocycles. The van der Waals surface area contributed by atoms with E-state index in [0.717, 1.165) is 12.1 Å². The molecule has 2 N–H and O–H groups in total. The van der Waals surface area contributed by atoms with Gasteiger partial charge in [0.1, 0.15) is 0 Å². The molecule has 27 heavy (non-hydrogen) atoms. The van der Waals surface area contributed by atoms with Crippen molar-refractivity contribution in [3.05, 3.63) is 59.7 Å². The fourth-order valence-corrected chi connectivity index (χ4v) is 2.91. The van der Waals surface area contributed by atoms with Crippen LogP contribution in [-0.2, 0) is 20.7 Å². The summed E-state index contributed by atoms with van der Waals surface area (Å²) in [6, 6.07) is 14.2. The maximum Gasteiger partial charge on any atom is 0.337 e. The Kier molecular flexibility index (Phi) is 5.54. The first-order valence-electron chi connectivity index (χ1n) is 8.91. The quantitative estimate of drug-likeness (QED) is 0.769. The highest BCUT2D eigenvalue weighted by Gasteiger charge is 2.48. The summed E-state index contributed by atoms with van der Waals surface area (Å²) in [7, 11) is 1.30. The summed E-state index contributed by atoms with van der Waals surface area (Å²) in [4.78, 5) is 36.3. The molecule has 140 valence electrons. The maximum atomic E-state index is 12.4. The molecule has 1 aliphatic rings. The minimum absolute atomic E-state index is 0.150. The molecule has 2 aromatic carbocycles. The lowest BCUT2D eigenvalue weighted by molar-refractivity contribution is -0.122. The van der Waals surface area contributed by atoms with Gasteiger partial charge in [0.2, 0.25) is 11.8 Å². The van der Waals surface area contributed by atoms with Gasteiger partial charge in [-0.1, -0.05) is 25.1 Å². The zero-order chi connectivity index (χ0) is 19.4. The van der Waals surface area contributed by atoms with Crippen LogP contribution in [0.1, 0.15) is 29.3 Å². The molecule has 0 bridgehead atoms. The topological polar surface area (TPSA) is 84.5 Å². The second kappa shape index (κ2) is 8.03. The normalized spacial score (nSPS) is 17.7. The summed E-state index contributed by atoms with van der Waals surface area (Å²) in [5, 5.41) is 5.62. The Hall–Kier alpha value is -3.15. The van der Waals surface area contributed by atoms with Crippen molar-refractivity contribution in [3.63, 3.8) is 0 Å². The predicted molar refractivity (Wildman–Crippen MR) is 102 cm³/mol. The first kappa shape index (κ1) is 18.6. The zero-order valence-corrected chi connectivity index (χ0v) is 15.3. The summed E-state index contributed by atoms with van der Waals surface area (Å²) in [6.07, 6.45) is 1.46. The van der Waals surface area contributed by atoms with Crippen molar-refractivity contribution in [2.45, 2.75) is 19.8 Å². The standard InChI is InChI=1S/C21H22N2O4/c1-3-13-7-9-15(10-8-13)22-19(24)17-12-18(17)20(25)23-16-6-4-5-14(11-16)21(26)27-2/h4-11,17-18H,3,12H2,1-2H3,(H,22,24)(H,23,25). The van der Waals surface area contributed by atoms with E-state index in [4.69, 9.17) is 0 Å². The molecular formula is C21H22N2O4. The Morgan fingerprint density at radius 2 is 1.59 bits per heavy atom. The highest BCUT2D eigenvalue weighted by molar-refractivity contribution is 6.03. The molecular weight excluding hydrogens is 344 g/mol. The van der Waals surface area contributed by atoms with Crippen LogP contribution in [0.4, 0.5) is 11.4 Å². The lowest BCUT2D eigenvalue weighted by Crippen LogP contribution is -2.20. The fraction of sp³-hybridized carbons (Fsp3) is 0.286. The van der Waals surface area contributed by atoms with E-state index in [-0.39, 0.29) is 23.7 Å². The van der Waals surface area contributed by atoms with E-state index in [2.05, 4.69) is 22.3 Å². The van der Waals surface area contributed by atoms with E-state index in [1.54, 1.807) is 24.3 Å². The molecule has 0 spiro atoms. The molecule has 2 aromatic rings. The number of carbonyl (C=O) groups excluding carboxylic acids is 3. The van der Waals surface area contributed by atoms with E-state index < -0.39 is 5.97 Å². The number of methoxy groups -OCH3 is 1. The molecule has 2 unspecified atom stereocenters. The number of ether oxygens (including phenoxy) is 1. The van der Waals surface area contributed by atoms with E-state index in [1.807, 2.05) is 24.3 Å². The first-order chi connectivity index (χ1) is 13.0. The number of hydrogen-bond donors (Lipinski definition) is 2. The van der Waals surface area contributed by atoms with Crippen molar-refractivity contribution in [2.24, 2.45) is 11.8 Å². The van der Waals surface area contributed by atoms with Crippen LogP contribution in [0, 0.1) is 11.8 Å². The third-order valence-corrected chi connectivity index (χ3v) is 4.64. The molecule has 0 aromatic heterocycles. The number of anilines is 2. The minimum Gasteiger partial charge on any atom is -0.465 e. The molecule has 2 amide bonds. The second-order valence-corrected chi connectivity index (χ2v) is 6.55. The molecule has 1 aliphatic carbocycles. The average Bonchev–Trinajstić information content (AvgIpc) is 3.49. The Bertz CT molecular complexity index is 861. The van der Waals surface area contributed by atoms with Crippen LogP contribution in [0.15, 0.2) is 48.5 Å². The van der Waals surface area contributed by atoms with Crippen molar-refractivity contribution < 1.29 is 19.1 Å². The van der Waals surface area contributed by atoms with Gasteiger partial charge < -0.3 is 15.4 Å². The molecule has 3 rings (SSSR count). The van der Waals surface area contributed by atoms with Crippen LogP contribution < -0.4 is 10.6 Å². The van der Waals surface area contributed by atoms with E-state index in [0.29, 0.717) is 17.7 Å². The van der Waals surface area contributed by atoms with Crippen molar-refractivity contribution in [1.29, 1.82) is 0 Å². The Labute approximate surface area is 157 Å². The van der Waals surface area contributed by atoms with Gasteiger partial charge in [0, 0.05) is 11.4 Å². The van der Waals surface area contributed by atoms with Crippen LogP contribution in [0.5, 0.6) is 0 Å². The van der Waals surface area contributed by atoms with Gasteiger partial charge in [-0.2, -0.15) is 0 Å². The van der Waals surface area contributed by atoms with Gasteiger partial charge in [0.05, 0.1) is 24.5 Å². The smallest absolute Gasteiger partial charge is 0.337 e. The van der Waals surface area contributed by atoms with Crippen molar-refractivity contribution >= 4 is 29.2 Å². The van der Waals surface area contributed by atoms with Crippen LogP contribution in [0.3, 0.4) is 0 Å². The minimum atomic E-state index is -0.469. The molecule has 0 radical (unpaired) electrons. The van der Waals surface area contributed by atoms with Crippen molar-refractivity contribution in [3.8, 4) is 0 Å². The Morgan fingerprint density at radius 1 is 0.963 bits per heavy atom. The molecule has 6 heteroatoms. The van der Waals surface area contributed by atoms with Gasteiger partial charge in [0.25, 0.3) is 0 Å². The molecule has 0 heterocycles. The van der Waals surface area contributed by atoms with Gasteiger partial charge >= 0.3 is 5.97 Å². The molecule has 2 atom stereocenters. The van der Waals surface area contributed by atoms with Crippen LogP contribution in [-0.4, -0.2) is 24.9 Å². The average molecular weight is 366 g/mol. The first-order valence-corrected chi connectivity index (χ1v) is 8.91. The summed E-state index contributed by atoms with van der Waals surface area (Å²) < 4.78 is 4.67. The summed E-state index contributed by atoms with van der Waals surface area (Å²) in [5.74, 6) is -1.54. The zero-order valence-electron chi connectivity index (χ0n) is 15.3. The molecule has 0 saturated heterocycles. The predicted octanol–water partition coefficient (Wildman–Crippen LogP) is 3.25. The van der Waals surface area contributed by atoms with Gasteiger partial charge in [-0.15, -0.1) is 0 Å². The van der Waals surface area contributed by atoms with Gasteiger partial charge in [-0.3, -0.25) is 9.59 Å². The van der Waals surface area contributed by atoms with Crippen molar-refractivity contribution in [1.82, 2.24) is 0 Å². The number of esters is 1. The third-order valence-electron chi connectivity index (χ3n) is 4.64. The number of carbonyl (C=O) groups is 3. The Morgan fingerprint density at radius 3 is 2.19 bits per heavy atom. The SMILES string of the molecule is CCc1ccc(NC(=O)C2CC2C(=O)Nc2cccc(C(=O)OC)c2)cc1. The molecule has 1 fully saturated rings. The fourth-order valence-electron chi connectivity index (χ4n) is 2.91. The monoisotopic (exact) mass is 366 g/mol. The highest BCUT2D eigenvalue weighted by atomic mass is 16.5. The van der Waals surface area contributed by atoms with Crippen LogP contribution in [0.2, 0.25) is 0 Å². The molecule has 6 nitrogen and oxygen atoms in total. The number of nitrogens with one attached hydrogen (secondary N) is 2. The van der Waals surface area contributed by atoms with Crippen LogP contribution >= 0.6 is 0 Å². The summed E-state index contributed by atoms with van der Waals surface area (Å²) in [5.41, 5.74) is 2.79. The Balaban J connectivity index is 1.55. The van der Waals surface area contributed by atoms with Gasteiger partial charge in [-0.25, -0.2) is 4.79 Å². The van der Waals surface area contributed by atoms with Crippen molar-refractivity contribution in [2.75, 3.05) is 17.7 Å². The number of rotatable bonds is 6. The maximum absolute atomic E-state index is 12.4. The number of hydrogen-bond acceptors (Lipinski definition) is 4. The van der Waals surface area contributed by atoms with Gasteiger partial charge in [0.15, 0.2) is 0 Å². The largest absolute Gasteiger partial charge is 0.465 e. The molecule has 0 aliphatic heterocycles.